The first-order valence-corrected chi connectivity index (χ1v) is 9.26. The summed E-state index contributed by atoms with van der Waals surface area (Å²) in [5.41, 5.74) is -0.201. The number of aromatic amines is 1. The lowest BCUT2D eigenvalue weighted by atomic mass is 10.1. The van der Waals surface area contributed by atoms with E-state index in [9.17, 15) is 14.7 Å². The predicted molar refractivity (Wildman–Crippen MR) is 112 cm³/mol. The number of hydrogen-bond donors (Lipinski definition) is 2. The normalized spacial score (nSPS) is 11.0. The van der Waals surface area contributed by atoms with Crippen LogP contribution >= 0.6 is 0 Å². The fourth-order valence-corrected chi connectivity index (χ4v) is 2.81. The Balaban J connectivity index is 1.96. The Labute approximate surface area is 167 Å². The quantitative estimate of drug-likeness (QED) is 0.642. The number of H-pyrrole nitrogens is 1. The zero-order valence-electron chi connectivity index (χ0n) is 16.2. The molecule has 7 heteroatoms. The molecule has 7 nitrogen and oxygen atoms in total. The fourth-order valence-electron chi connectivity index (χ4n) is 2.81. The van der Waals surface area contributed by atoms with E-state index in [2.05, 4.69) is 4.98 Å². The topological polar surface area (TPSA) is 93.6 Å². The summed E-state index contributed by atoms with van der Waals surface area (Å²) in [7, 11) is 0. The van der Waals surface area contributed by atoms with Crippen LogP contribution < -0.4 is 20.7 Å². The van der Waals surface area contributed by atoms with Crippen LogP contribution in [0, 0.1) is 0 Å². The van der Waals surface area contributed by atoms with Crippen LogP contribution in [0.5, 0.6) is 17.4 Å². The van der Waals surface area contributed by atoms with Crippen LogP contribution in [0.15, 0.2) is 58.1 Å². The van der Waals surface area contributed by atoms with Crippen molar-refractivity contribution in [3.05, 3.63) is 80.5 Å². The standard InChI is InChI=1S/C22H22N2O5/c1-3-28-17-10-5-15(6-11-17)7-14-19-20(25)23-22(27)24(21(19)26)16-8-12-18(13-9-16)29-4-2/h5-14,26H,3-4H2,1-2H3,(H,23,25,27). The fraction of sp³-hybridized carbons (Fsp3) is 0.182. The van der Waals surface area contributed by atoms with Crippen molar-refractivity contribution >= 4 is 12.2 Å². The minimum atomic E-state index is -0.727. The molecule has 0 atom stereocenters. The van der Waals surface area contributed by atoms with Gasteiger partial charge in [0.05, 0.1) is 18.9 Å². The highest BCUT2D eigenvalue weighted by Gasteiger charge is 2.13. The molecule has 0 radical (unpaired) electrons. The first-order valence-electron chi connectivity index (χ1n) is 9.26. The predicted octanol–water partition coefficient (Wildman–Crippen LogP) is 3.20. The average Bonchev–Trinajstić information content (AvgIpc) is 2.70. The summed E-state index contributed by atoms with van der Waals surface area (Å²) in [6.07, 6.45) is 3.14. The van der Waals surface area contributed by atoms with Crippen LogP contribution in [0.3, 0.4) is 0 Å². The highest BCUT2D eigenvalue weighted by molar-refractivity contribution is 5.71. The zero-order valence-corrected chi connectivity index (χ0v) is 16.2. The van der Waals surface area contributed by atoms with Crippen molar-refractivity contribution < 1.29 is 14.6 Å². The van der Waals surface area contributed by atoms with Crippen molar-refractivity contribution in [1.82, 2.24) is 9.55 Å². The maximum absolute atomic E-state index is 12.3. The van der Waals surface area contributed by atoms with Gasteiger partial charge in [-0.05, 0) is 61.9 Å². The van der Waals surface area contributed by atoms with Gasteiger partial charge in [-0.25, -0.2) is 9.36 Å². The van der Waals surface area contributed by atoms with E-state index in [-0.39, 0.29) is 5.56 Å². The van der Waals surface area contributed by atoms with Gasteiger partial charge in [0.25, 0.3) is 5.56 Å². The summed E-state index contributed by atoms with van der Waals surface area (Å²) >= 11 is 0. The van der Waals surface area contributed by atoms with Gasteiger partial charge in [-0.15, -0.1) is 0 Å². The van der Waals surface area contributed by atoms with Gasteiger partial charge < -0.3 is 14.6 Å². The van der Waals surface area contributed by atoms with Crippen molar-refractivity contribution in [3.8, 4) is 23.1 Å². The molecule has 3 rings (SSSR count). The number of ether oxygens (including phenoxy) is 2. The molecule has 0 saturated carbocycles. The first-order chi connectivity index (χ1) is 14.0. The van der Waals surface area contributed by atoms with E-state index in [0.717, 1.165) is 15.9 Å². The molecule has 2 aromatic carbocycles. The molecule has 0 aliphatic heterocycles. The van der Waals surface area contributed by atoms with Crippen LogP contribution in [-0.4, -0.2) is 27.9 Å². The molecule has 0 amide bonds. The Kier molecular flexibility index (Phi) is 6.19. The van der Waals surface area contributed by atoms with Crippen molar-refractivity contribution in [2.24, 2.45) is 0 Å². The Morgan fingerprint density at radius 2 is 1.45 bits per heavy atom. The van der Waals surface area contributed by atoms with Gasteiger partial charge in [0.15, 0.2) is 0 Å². The maximum atomic E-state index is 12.3. The third-order valence-electron chi connectivity index (χ3n) is 4.16. The monoisotopic (exact) mass is 394 g/mol. The second-order valence-corrected chi connectivity index (χ2v) is 6.09. The summed E-state index contributed by atoms with van der Waals surface area (Å²) < 4.78 is 11.8. The van der Waals surface area contributed by atoms with Crippen molar-refractivity contribution in [3.63, 3.8) is 0 Å². The number of nitrogens with zero attached hydrogens (tertiary/aromatic N) is 1. The van der Waals surface area contributed by atoms with E-state index >= 15 is 0 Å². The highest BCUT2D eigenvalue weighted by Crippen LogP contribution is 2.21. The summed E-state index contributed by atoms with van der Waals surface area (Å²) in [6.45, 7) is 4.87. The lowest BCUT2D eigenvalue weighted by Gasteiger charge is -2.10. The van der Waals surface area contributed by atoms with E-state index in [1.54, 1.807) is 30.3 Å². The molecule has 0 saturated heterocycles. The number of aromatic hydroxyl groups is 1. The second-order valence-electron chi connectivity index (χ2n) is 6.09. The van der Waals surface area contributed by atoms with E-state index in [4.69, 9.17) is 9.47 Å². The number of rotatable bonds is 7. The summed E-state index contributed by atoms with van der Waals surface area (Å²) in [5.74, 6) is 0.948. The van der Waals surface area contributed by atoms with Gasteiger partial charge in [-0.1, -0.05) is 18.2 Å². The largest absolute Gasteiger partial charge is 0.494 e. The molecule has 2 N–H and O–H groups in total. The van der Waals surface area contributed by atoms with Gasteiger partial charge >= 0.3 is 5.69 Å². The Morgan fingerprint density at radius 3 is 2.00 bits per heavy atom. The minimum Gasteiger partial charge on any atom is -0.494 e. The van der Waals surface area contributed by atoms with Crippen LogP contribution in [0.25, 0.3) is 17.8 Å². The molecule has 150 valence electrons. The molecular weight excluding hydrogens is 372 g/mol. The number of nitrogens with one attached hydrogen (secondary N) is 1. The molecule has 1 heterocycles. The molecule has 0 aliphatic rings. The third kappa shape index (κ3) is 4.57. The zero-order chi connectivity index (χ0) is 20.8. The van der Waals surface area contributed by atoms with Crippen molar-refractivity contribution in [2.75, 3.05) is 13.2 Å². The number of aromatic nitrogens is 2. The van der Waals surface area contributed by atoms with E-state index in [1.807, 2.05) is 38.1 Å². The molecule has 0 fully saturated rings. The number of hydrogen-bond acceptors (Lipinski definition) is 5. The summed E-state index contributed by atoms with van der Waals surface area (Å²) in [4.78, 5) is 26.7. The van der Waals surface area contributed by atoms with Crippen LogP contribution in [0.2, 0.25) is 0 Å². The smallest absolute Gasteiger partial charge is 0.335 e. The SMILES string of the molecule is CCOc1ccc(C=Cc2c(O)n(-c3ccc(OCC)cc3)c(=O)[nH]c2=O)cc1. The molecule has 3 aromatic rings. The van der Waals surface area contributed by atoms with E-state index in [0.29, 0.717) is 24.7 Å². The lowest BCUT2D eigenvalue weighted by Crippen LogP contribution is -2.30. The third-order valence-corrected chi connectivity index (χ3v) is 4.16. The minimum absolute atomic E-state index is 0.0210. The van der Waals surface area contributed by atoms with Crippen LogP contribution in [-0.2, 0) is 0 Å². The van der Waals surface area contributed by atoms with Crippen molar-refractivity contribution in [1.29, 1.82) is 0 Å². The average molecular weight is 394 g/mol. The Bertz CT molecular complexity index is 1110. The van der Waals surface area contributed by atoms with Crippen molar-refractivity contribution in [2.45, 2.75) is 13.8 Å². The molecule has 0 aliphatic carbocycles. The second kappa shape index (κ2) is 8.97. The molecule has 29 heavy (non-hydrogen) atoms. The molecule has 0 unspecified atom stereocenters. The molecular formula is C22H22N2O5. The summed E-state index contributed by atoms with van der Waals surface area (Å²) in [5, 5.41) is 10.6. The van der Waals surface area contributed by atoms with E-state index < -0.39 is 17.1 Å². The maximum Gasteiger partial charge on any atom is 0.335 e. The van der Waals surface area contributed by atoms with Crippen LogP contribution in [0.4, 0.5) is 0 Å². The van der Waals surface area contributed by atoms with Gasteiger partial charge in [0.1, 0.15) is 17.1 Å². The van der Waals surface area contributed by atoms with E-state index in [1.165, 1.54) is 6.08 Å². The Hall–Kier alpha value is -3.74. The molecule has 0 bridgehead atoms. The highest BCUT2D eigenvalue weighted by atomic mass is 16.5. The molecule has 0 spiro atoms. The lowest BCUT2D eigenvalue weighted by molar-refractivity contribution is 0.340. The summed E-state index contributed by atoms with van der Waals surface area (Å²) in [6, 6.07) is 13.9. The van der Waals surface area contributed by atoms with Gasteiger partial charge in [0.2, 0.25) is 5.88 Å². The van der Waals surface area contributed by atoms with Crippen LogP contribution in [0.1, 0.15) is 25.0 Å². The van der Waals surface area contributed by atoms with Gasteiger partial charge in [0, 0.05) is 0 Å². The molecule has 1 aromatic heterocycles. The van der Waals surface area contributed by atoms with Gasteiger partial charge in [-0.3, -0.25) is 9.78 Å². The first kappa shape index (κ1) is 20.0. The van der Waals surface area contributed by atoms with Gasteiger partial charge in [-0.2, -0.15) is 0 Å². The Morgan fingerprint density at radius 1 is 0.897 bits per heavy atom. The number of benzene rings is 2.